The molecule has 1 unspecified atom stereocenters. The van der Waals surface area contributed by atoms with Crippen LogP contribution in [-0.2, 0) is 0 Å². The number of hydrogen-bond donors (Lipinski definition) is 1. The average molecular weight is 250 g/mol. The van der Waals surface area contributed by atoms with Crippen LogP contribution in [-0.4, -0.2) is 28.0 Å². The Morgan fingerprint density at radius 1 is 1.67 bits per heavy atom. The minimum atomic E-state index is -0.580. The maximum Gasteiger partial charge on any atom is 0.372 e. The van der Waals surface area contributed by atoms with Crippen molar-refractivity contribution in [3.63, 3.8) is 0 Å². The number of nitrogens with zero attached hydrogens (tertiary/aromatic N) is 3. The van der Waals surface area contributed by atoms with Crippen molar-refractivity contribution >= 4 is 11.5 Å². The molecule has 7 heteroatoms. The van der Waals surface area contributed by atoms with E-state index in [0.717, 1.165) is 6.42 Å². The summed E-state index contributed by atoms with van der Waals surface area (Å²) in [6, 6.07) is -0.0756. The topological polar surface area (TPSA) is 90.2 Å². The van der Waals surface area contributed by atoms with Crippen LogP contribution >= 0.6 is 0 Å². The van der Waals surface area contributed by atoms with Gasteiger partial charge in [0, 0.05) is 12.5 Å². The Morgan fingerprint density at radius 3 is 2.89 bits per heavy atom. The second kappa shape index (κ2) is 6.39. The van der Waals surface area contributed by atoms with Crippen molar-refractivity contribution in [2.75, 3.05) is 12.4 Å². The Balaban J connectivity index is 3.08. The molecule has 1 heterocycles. The first-order valence-corrected chi connectivity index (χ1v) is 5.37. The molecule has 1 atom stereocenters. The van der Waals surface area contributed by atoms with Gasteiger partial charge in [0.1, 0.15) is 6.33 Å². The van der Waals surface area contributed by atoms with Crippen molar-refractivity contribution in [3.8, 4) is 18.2 Å². The van der Waals surface area contributed by atoms with Crippen molar-refractivity contribution in [2.24, 2.45) is 0 Å². The van der Waals surface area contributed by atoms with Gasteiger partial charge < -0.3 is 10.1 Å². The van der Waals surface area contributed by atoms with Crippen LogP contribution in [0.4, 0.5) is 11.5 Å². The summed E-state index contributed by atoms with van der Waals surface area (Å²) >= 11 is 0. The molecule has 0 fully saturated rings. The number of ether oxygens (including phenoxy) is 1. The number of terminal acetylenes is 1. The van der Waals surface area contributed by atoms with Crippen LogP contribution in [0.5, 0.6) is 5.88 Å². The van der Waals surface area contributed by atoms with E-state index in [2.05, 4.69) is 21.2 Å². The Labute approximate surface area is 105 Å². The van der Waals surface area contributed by atoms with Gasteiger partial charge in [0.05, 0.1) is 12.0 Å². The standard InChI is InChI=1S/C11H14N4O3/c1-4-6-8(5-2)14-10-9(15(16)17)11(18-3)13-7-12-10/h1,7-8H,5-6H2,2-3H3,(H,12,13,14). The summed E-state index contributed by atoms with van der Waals surface area (Å²) in [5.74, 6) is 2.55. The van der Waals surface area contributed by atoms with E-state index in [0.29, 0.717) is 6.42 Å². The van der Waals surface area contributed by atoms with Gasteiger partial charge in [-0.25, -0.2) is 4.98 Å². The lowest BCUT2D eigenvalue weighted by Gasteiger charge is -2.14. The van der Waals surface area contributed by atoms with Gasteiger partial charge in [-0.15, -0.1) is 12.3 Å². The van der Waals surface area contributed by atoms with Crippen molar-refractivity contribution in [1.29, 1.82) is 0 Å². The fourth-order valence-corrected chi connectivity index (χ4v) is 1.42. The second-order valence-corrected chi connectivity index (χ2v) is 3.50. The predicted octanol–water partition coefficient (Wildman–Crippen LogP) is 1.61. The SMILES string of the molecule is C#CCC(CC)Nc1ncnc(OC)c1[N+](=O)[O-]. The highest BCUT2D eigenvalue weighted by Crippen LogP contribution is 2.31. The van der Waals surface area contributed by atoms with Gasteiger partial charge >= 0.3 is 5.69 Å². The Bertz CT molecular complexity index is 470. The lowest BCUT2D eigenvalue weighted by molar-refractivity contribution is -0.385. The van der Waals surface area contributed by atoms with E-state index in [-0.39, 0.29) is 23.4 Å². The van der Waals surface area contributed by atoms with Gasteiger partial charge in [-0.1, -0.05) is 6.92 Å². The first kappa shape index (κ1) is 13.7. The molecular weight excluding hydrogens is 236 g/mol. The van der Waals surface area contributed by atoms with Gasteiger partial charge in [0.2, 0.25) is 5.82 Å². The van der Waals surface area contributed by atoms with Crippen LogP contribution in [0.15, 0.2) is 6.33 Å². The molecule has 1 aromatic rings. The summed E-state index contributed by atoms with van der Waals surface area (Å²) in [7, 11) is 1.32. The van der Waals surface area contributed by atoms with Crippen molar-refractivity contribution in [2.45, 2.75) is 25.8 Å². The molecule has 0 aliphatic rings. The average Bonchev–Trinajstić information content (AvgIpc) is 2.37. The van der Waals surface area contributed by atoms with Crippen LogP contribution in [0.1, 0.15) is 19.8 Å². The first-order valence-electron chi connectivity index (χ1n) is 5.37. The maximum absolute atomic E-state index is 11.0. The summed E-state index contributed by atoms with van der Waals surface area (Å²) in [6.45, 7) is 1.93. The highest BCUT2D eigenvalue weighted by atomic mass is 16.6. The molecule has 1 aromatic heterocycles. The normalized spacial score (nSPS) is 11.4. The minimum Gasteiger partial charge on any atom is -0.476 e. The monoisotopic (exact) mass is 250 g/mol. The van der Waals surface area contributed by atoms with Gasteiger partial charge in [-0.2, -0.15) is 4.98 Å². The molecule has 96 valence electrons. The quantitative estimate of drug-likeness (QED) is 0.468. The van der Waals surface area contributed by atoms with E-state index in [9.17, 15) is 10.1 Å². The largest absolute Gasteiger partial charge is 0.476 e. The summed E-state index contributed by atoms with van der Waals surface area (Å²) in [5, 5.41) is 13.9. The Morgan fingerprint density at radius 2 is 2.39 bits per heavy atom. The molecule has 1 rings (SSSR count). The zero-order valence-electron chi connectivity index (χ0n) is 10.2. The molecule has 18 heavy (non-hydrogen) atoms. The lowest BCUT2D eigenvalue weighted by atomic mass is 10.1. The van der Waals surface area contributed by atoms with E-state index in [1.165, 1.54) is 13.4 Å². The third-order valence-corrected chi connectivity index (χ3v) is 2.36. The van der Waals surface area contributed by atoms with Crippen molar-refractivity contribution < 1.29 is 9.66 Å². The molecule has 0 aliphatic carbocycles. The van der Waals surface area contributed by atoms with Crippen LogP contribution in [0.3, 0.4) is 0 Å². The molecular formula is C11H14N4O3. The fraction of sp³-hybridized carbons (Fsp3) is 0.455. The number of aromatic nitrogens is 2. The molecule has 0 aliphatic heterocycles. The maximum atomic E-state index is 11.0. The molecule has 0 spiro atoms. The third kappa shape index (κ3) is 3.07. The number of nitro groups is 1. The van der Waals surface area contributed by atoms with Gasteiger partial charge in [-0.3, -0.25) is 10.1 Å². The molecule has 0 saturated heterocycles. The van der Waals surface area contributed by atoms with Gasteiger partial charge in [-0.05, 0) is 6.42 Å². The number of nitrogens with one attached hydrogen (secondary N) is 1. The third-order valence-electron chi connectivity index (χ3n) is 2.36. The number of hydrogen-bond acceptors (Lipinski definition) is 6. The van der Waals surface area contributed by atoms with Crippen LogP contribution < -0.4 is 10.1 Å². The van der Waals surface area contributed by atoms with Crippen molar-refractivity contribution in [1.82, 2.24) is 9.97 Å². The van der Waals surface area contributed by atoms with Crippen molar-refractivity contribution in [3.05, 3.63) is 16.4 Å². The van der Waals surface area contributed by atoms with Gasteiger partial charge in [0.25, 0.3) is 5.88 Å². The molecule has 0 saturated carbocycles. The number of anilines is 1. The van der Waals surface area contributed by atoms with Crippen LogP contribution in [0.25, 0.3) is 0 Å². The lowest BCUT2D eigenvalue weighted by Crippen LogP contribution is -2.19. The zero-order chi connectivity index (χ0) is 13.5. The molecule has 1 N–H and O–H groups in total. The summed E-state index contributed by atoms with van der Waals surface area (Å²) in [4.78, 5) is 18.0. The minimum absolute atomic E-state index is 0.0756. The molecule has 0 radical (unpaired) electrons. The molecule has 7 nitrogen and oxygen atoms in total. The summed E-state index contributed by atoms with van der Waals surface area (Å²) < 4.78 is 4.85. The van der Waals surface area contributed by atoms with Crippen LogP contribution in [0, 0.1) is 22.5 Å². The predicted molar refractivity (Wildman–Crippen MR) is 66.4 cm³/mol. The molecule has 0 bridgehead atoms. The van der Waals surface area contributed by atoms with E-state index in [1.54, 1.807) is 0 Å². The first-order chi connectivity index (χ1) is 8.63. The number of methoxy groups -OCH3 is 1. The molecule has 0 amide bonds. The second-order valence-electron chi connectivity index (χ2n) is 3.50. The molecule has 0 aromatic carbocycles. The smallest absolute Gasteiger partial charge is 0.372 e. The zero-order valence-corrected chi connectivity index (χ0v) is 10.2. The highest BCUT2D eigenvalue weighted by molar-refractivity contribution is 5.61. The number of rotatable bonds is 6. The van der Waals surface area contributed by atoms with E-state index in [1.807, 2.05) is 6.92 Å². The summed E-state index contributed by atoms with van der Waals surface area (Å²) in [5.41, 5.74) is -0.282. The summed E-state index contributed by atoms with van der Waals surface area (Å²) in [6.07, 6.45) is 7.62. The fourth-order valence-electron chi connectivity index (χ4n) is 1.42. The highest BCUT2D eigenvalue weighted by Gasteiger charge is 2.24. The van der Waals surface area contributed by atoms with E-state index >= 15 is 0 Å². The van der Waals surface area contributed by atoms with E-state index < -0.39 is 4.92 Å². The Hall–Kier alpha value is -2.36. The van der Waals surface area contributed by atoms with Crippen LogP contribution in [0.2, 0.25) is 0 Å². The van der Waals surface area contributed by atoms with Gasteiger partial charge in [0.15, 0.2) is 0 Å². The Kier molecular flexibility index (Phi) is 4.87. The van der Waals surface area contributed by atoms with E-state index in [4.69, 9.17) is 11.2 Å².